The molecule has 1 fully saturated rings. The number of halogens is 3. The first-order valence-corrected chi connectivity index (χ1v) is 8.61. The van der Waals surface area contributed by atoms with E-state index in [4.69, 9.17) is 0 Å². The lowest BCUT2D eigenvalue weighted by atomic mass is 10.1. The van der Waals surface area contributed by atoms with E-state index >= 15 is 0 Å². The summed E-state index contributed by atoms with van der Waals surface area (Å²) < 4.78 is 36.8. The predicted molar refractivity (Wildman–Crippen MR) is 85.6 cm³/mol. The molecular weight excluding hydrogens is 301 g/mol. The standard InChI is InChI=1S/C18H25F3N2/c19-18(20,21)7-3-8-22-9-4-10-23(12-11-22)17-13-15-5-1-2-6-16(15)14-17/h1-2,5-6,17H,3-4,7-14H2. The van der Waals surface area contributed by atoms with Crippen LogP contribution in [0.3, 0.4) is 0 Å². The Labute approximate surface area is 136 Å². The molecule has 2 nitrogen and oxygen atoms in total. The summed E-state index contributed by atoms with van der Waals surface area (Å²) in [6, 6.07) is 9.22. The van der Waals surface area contributed by atoms with Crippen molar-refractivity contribution in [2.45, 2.75) is 44.3 Å². The fourth-order valence-corrected chi connectivity index (χ4v) is 3.88. The molecule has 5 heteroatoms. The molecule has 1 heterocycles. The van der Waals surface area contributed by atoms with Gasteiger partial charge in [-0.15, -0.1) is 0 Å². The van der Waals surface area contributed by atoms with Crippen LogP contribution >= 0.6 is 0 Å². The van der Waals surface area contributed by atoms with E-state index in [0.717, 1.165) is 45.4 Å². The maximum absolute atomic E-state index is 12.3. The monoisotopic (exact) mass is 326 g/mol. The zero-order chi connectivity index (χ0) is 16.3. The highest BCUT2D eigenvalue weighted by Crippen LogP contribution is 2.26. The molecule has 0 aromatic heterocycles. The Morgan fingerprint density at radius 1 is 0.957 bits per heavy atom. The van der Waals surface area contributed by atoms with E-state index < -0.39 is 12.6 Å². The Hall–Kier alpha value is -1.07. The summed E-state index contributed by atoms with van der Waals surface area (Å²) in [6.45, 7) is 4.43. The van der Waals surface area contributed by atoms with E-state index in [9.17, 15) is 13.2 Å². The Morgan fingerprint density at radius 3 is 2.30 bits per heavy atom. The van der Waals surface area contributed by atoms with Gasteiger partial charge in [0, 0.05) is 25.6 Å². The molecule has 0 atom stereocenters. The molecule has 1 saturated heterocycles. The number of hydrogen-bond donors (Lipinski definition) is 0. The van der Waals surface area contributed by atoms with E-state index in [2.05, 4.69) is 34.1 Å². The van der Waals surface area contributed by atoms with Crippen LogP contribution < -0.4 is 0 Å². The maximum Gasteiger partial charge on any atom is 0.389 e. The van der Waals surface area contributed by atoms with Crippen LogP contribution in [-0.4, -0.2) is 54.7 Å². The highest BCUT2D eigenvalue weighted by molar-refractivity contribution is 5.33. The Morgan fingerprint density at radius 2 is 1.65 bits per heavy atom. The third-order valence-corrected chi connectivity index (χ3v) is 5.10. The van der Waals surface area contributed by atoms with Gasteiger partial charge in [0.25, 0.3) is 0 Å². The third kappa shape index (κ3) is 4.70. The van der Waals surface area contributed by atoms with Crippen molar-refractivity contribution in [3.63, 3.8) is 0 Å². The molecular formula is C18H25F3N2. The van der Waals surface area contributed by atoms with Gasteiger partial charge >= 0.3 is 6.18 Å². The first-order chi connectivity index (χ1) is 11.0. The largest absolute Gasteiger partial charge is 0.389 e. The number of alkyl halides is 3. The highest BCUT2D eigenvalue weighted by Gasteiger charge is 2.29. The topological polar surface area (TPSA) is 6.48 Å². The SMILES string of the molecule is FC(F)(F)CCCN1CCCN(C2Cc3ccccc3C2)CC1. The Kier molecular flexibility index (Phi) is 5.27. The molecule has 0 amide bonds. The van der Waals surface area contributed by atoms with Crippen LogP contribution in [0.15, 0.2) is 24.3 Å². The van der Waals surface area contributed by atoms with Crippen LogP contribution in [0.4, 0.5) is 13.2 Å². The molecule has 0 radical (unpaired) electrons. The molecule has 1 aliphatic heterocycles. The van der Waals surface area contributed by atoms with Gasteiger partial charge in [0.15, 0.2) is 0 Å². The fourth-order valence-electron chi connectivity index (χ4n) is 3.88. The quantitative estimate of drug-likeness (QED) is 0.835. The average Bonchev–Trinajstić information content (AvgIpc) is 2.78. The minimum atomic E-state index is -4.02. The molecule has 0 bridgehead atoms. The second-order valence-corrected chi connectivity index (χ2v) is 6.78. The number of fused-ring (bicyclic) bond motifs is 1. The van der Waals surface area contributed by atoms with Gasteiger partial charge in [-0.2, -0.15) is 13.2 Å². The van der Waals surface area contributed by atoms with Gasteiger partial charge in [0.05, 0.1) is 0 Å². The Bertz CT molecular complexity index is 490. The third-order valence-electron chi connectivity index (χ3n) is 5.10. The van der Waals surface area contributed by atoms with Gasteiger partial charge < -0.3 is 4.90 Å². The number of benzene rings is 1. The molecule has 128 valence electrons. The fraction of sp³-hybridized carbons (Fsp3) is 0.667. The zero-order valence-electron chi connectivity index (χ0n) is 13.5. The van der Waals surface area contributed by atoms with Crippen LogP contribution in [-0.2, 0) is 12.8 Å². The van der Waals surface area contributed by atoms with Gasteiger partial charge in [0.2, 0.25) is 0 Å². The van der Waals surface area contributed by atoms with Crippen molar-refractivity contribution in [1.82, 2.24) is 9.80 Å². The number of rotatable bonds is 4. The number of hydrogen-bond acceptors (Lipinski definition) is 2. The lowest BCUT2D eigenvalue weighted by Crippen LogP contribution is -2.39. The van der Waals surface area contributed by atoms with E-state index in [0.29, 0.717) is 12.6 Å². The molecule has 3 rings (SSSR count). The van der Waals surface area contributed by atoms with Crippen molar-refractivity contribution in [1.29, 1.82) is 0 Å². The molecule has 2 aliphatic rings. The van der Waals surface area contributed by atoms with Crippen LogP contribution in [0.1, 0.15) is 30.4 Å². The van der Waals surface area contributed by atoms with Crippen molar-refractivity contribution in [2.75, 3.05) is 32.7 Å². The summed E-state index contributed by atoms with van der Waals surface area (Å²) in [7, 11) is 0. The van der Waals surface area contributed by atoms with Gasteiger partial charge in [-0.1, -0.05) is 24.3 Å². The van der Waals surface area contributed by atoms with E-state index in [1.165, 1.54) is 11.1 Å². The normalized spacial score (nSPS) is 21.3. The molecule has 1 aliphatic carbocycles. The van der Waals surface area contributed by atoms with Gasteiger partial charge in [-0.05, 0) is 56.4 Å². The summed E-state index contributed by atoms with van der Waals surface area (Å²) in [4.78, 5) is 4.75. The summed E-state index contributed by atoms with van der Waals surface area (Å²) in [5.74, 6) is 0. The number of nitrogens with zero attached hydrogens (tertiary/aromatic N) is 2. The lowest BCUT2D eigenvalue weighted by molar-refractivity contribution is -0.136. The van der Waals surface area contributed by atoms with Gasteiger partial charge in [-0.25, -0.2) is 0 Å². The summed E-state index contributed by atoms with van der Waals surface area (Å²) >= 11 is 0. The van der Waals surface area contributed by atoms with Crippen LogP contribution in [0.5, 0.6) is 0 Å². The van der Waals surface area contributed by atoms with Crippen molar-refractivity contribution in [3.8, 4) is 0 Å². The molecule has 1 aromatic carbocycles. The maximum atomic E-state index is 12.3. The summed E-state index contributed by atoms with van der Waals surface area (Å²) in [5, 5.41) is 0. The molecule has 0 unspecified atom stereocenters. The molecule has 0 N–H and O–H groups in total. The van der Waals surface area contributed by atoms with Crippen LogP contribution in [0, 0.1) is 0 Å². The van der Waals surface area contributed by atoms with Gasteiger partial charge in [-0.3, -0.25) is 4.90 Å². The molecule has 0 spiro atoms. The van der Waals surface area contributed by atoms with Gasteiger partial charge in [0.1, 0.15) is 0 Å². The van der Waals surface area contributed by atoms with E-state index in [-0.39, 0.29) is 6.42 Å². The minimum absolute atomic E-state index is 0.221. The predicted octanol–water partition coefficient (Wildman–Crippen LogP) is 3.50. The highest BCUT2D eigenvalue weighted by atomic mass is 19.4. The van der Waals surface area contributed by atoms with E-state index in [1.54, 1.807) is 0 Å². The lowest BCUT2D eigenvalue weighted by Gasteiger charge is -2.27. The first-order valence-electron chi connectivity index (χ1n) is 8.61. The van der Waals surface area contributed by atoms with Crippen LogP contribution in [0.2, 0.25) is 0 Å². The summed E-state index contributed by atoms with van der Waals surface area (Å²) in [5.41, 5.74) is 2.92. The zero-order valence-corrected chi connectivity index (χ0v) is 13.5. The molecule has 23 heavy (non-hydrogen) atoms. The molecule has 0 saturated carbocycles. The Balaban J connectivity index is 1.46. The average molecular weight is 326 g/mol. The second kappa shape index (κ2) is 7.22. The summed E-state index contributed by atoms with van der Waals surface area (Å²) in [6.07, 6.45) is -1.18. The van der Waals surface area contributed by atoms with Crippen molar-refractivity contribution in [3.05, 3.63) is 35.4 Å². The van der Waals surface area contributed by atoms with Crippen molar-refractivity contribution in [2.24, 2.45) is 0 Å². The first kappa shape index (κ1) is 16.8. The van der Waals surface area contributed by atoms with Crippen molar-refractivity contribution >= 4 is 0 Å². The van der Waals surface area contributed by atoms with Crippen molar-refractivity contribution < 1.29 is 13.2 Å². The smallest absolute Gasteiger partial charge is 0.302 e. The minimum Gasteiger partial charge on any atom is -0.302 e. The van der Waals surface area contributed by atoms with Crippen LogP contribution in [0.25, 0.3) is 0 Å². The molecule has 1 aromatic rings. The van der Waals surface area contributed by atoms with E-state index in [1.807, 2.05) is 0 Å². The second-order valence-electron chi connectivity index (χ2n) is 6.78.